The third-order valence-electron chi connectivity index (χ3n) is 4.64. The van der Waals surface area contributed by atoms with Gasteiger partial charge in [0.2, 0.25) is 0 Å². The Morgan fingerprint density at radius 3 is 2.54 bits per heavy atom. The molecule has 1 amide bonds. The largest absolute Gasteiger partial charge is 0.465 e. The first-order chi connectivity index (χ1) is 13.5. The number of carbonyl (C=O) groups is 2. The van der Waals surface area contributed by atoms with E-state index in [4.69, 9.17) is 10.00 Å². The third kappa shape index (κ3) is 5.59. The predicted octanol–water partition coefficient (Wildman–Crippen LogP) is 4.00. The van der Waals surface area contributed by atoms with Crippen molar-refractivity contribution in [3.8, 4) is 6.07 Å². The summed E-state index contributed by atoms with van der Waals surface area (Å²) in [7, 11) is 0. The van der Waals surface area contributed by atoms with Crippen LogP contribution in [-0.4, -0.2) is 46.4 Å². The third-order valence-corrected chi connectivity index (χ3v) is 6.01. The van der Waals surface area contributed by atoms with Crippen LogP contribution in [0.5, 0.6) is 0 Å². The van der Waals surface area contributed by atoms with Crippen LogP contribution in [0.1, 0.15) is 62.4 Å². The minimum atomic E-state index is -0.390. The van der Waals surface area contributed by atoms with Gasteiger partial charge in [0.15, 0.2) is 5.17 Å². The number of amidine groups is 1. The van der Waals surface area contributed by atoms with Crippen molar-refractivity contribution < 1.29 is 14.3 Å². The fourth-order valence-electron chi connectivity index (χ4n) is 3.02. The minimum absolute atomic E-state index is 0.0850. The molecule has 2 unspecified atom stereocenters. The number of ether oxygens (including phenoxy) is 1. The molecule has 1 heterocycles. The minimum Gasteiger partial charge on any atom is -0.465 e. The van der Waals surface area contributed by atoms with E-state index in [2.05, 4.69) is 11.9 Å². The Bertz CT molecular complexity index is 755. The molecule has 0 aromatic heterocycles. The summed E-state index contributed by atoms with van der Waals surface area (Å²) in [5.74, 6) is -0.642. The molecule has 1 aromatic carbocycles. The predicted molar refractivity (Wildman–Crippen MR) is 111 cm³/mol. The topological polar surface area (TPSA) is 82.8 Å². The molecule has 0 N–H and O–H groups in total. The quantitative estimate of drug-likeness (QED) is 0.484. The number of nitriles is 1. The van der Waals surface area contributed by atoms with Crippen LogP contribution in [0.2, 0.25) is 0 Å². The number of aliphatic imine (C=N–C) groups is 1. The van der Waals surface area contributed by atoms with Crippen LogP contribution in [0.4, 0.5) is 0 Å². The molecule has 2 atom stereocenters. The zero-order valence-electron chi connectivity index (χ0n) is 16.7. The van der Waals surface area contributed by atoms with E-state index in [1.807, 2.05) is 17.9 Å². The molecular weight excluding hydrogens is 374 g/mol. The number of amides is 1. The van der Waals surface area contributed by atoms with Gasteiger partial charge in [-0.05, 0) is 44.5 Å². The molecule has 1 aliphatic rings. The molecule has 0 radical (unpaired) electrons. The Morgan fingerprint density at radius 1 is 1.21 bits per heavy atom. The number of nitrogens with zero attached hydrogens (tertiary/aromatic N) is 3. The second-order valence-corrected chi connectivity index (χ2v) is 7.78. The number of carbonyl (C=O) groups excluding carboxylic acids is 2. The molecular formula is C21H27N3O3S. The molecule has 1 aliphatic heterocycles. The molecule has 28 heavy (non-hydrogen) atoms. The number of rotatable bonds is 8. The highest BCUT2D eigenvalue weighted by atomic mass is 32.2. The molecule has 2 rings (SSSR count). The van der Waals surface area contributed by atoms with Crippen molar-refractivity contribution in [2.45, 2.75) is 57.7 Å². The molecule has 1 saturated heterocycles. The summed E-state index contributed by atoms with van der Waals surface area (Å²) in [6.45, 7) is 7.00. The van der Waals surface area contributed by atoms with Crippen LogP contribution >= 0.6 is 11.8 Å². The van der Waals surface area contributed by atoms with E-state index in [0.717, 1.165) is 32.2 Å². The first kappa shape index (κ1) is 22.0. The van der Waals surface area contributed by atoms with Crippen LogP contribution in [0.3, 0.4) is 0 Å². The Hall–Kier alpha value is -2.33. The summed E-state index contributed by atoms with van der Waals surface area (Å²) in [6.07, 6.45) is 4.39. The zero-order valence-corrected chi connectivity index (χ0v) is 17.5. The van der Waals surface area contributed by atoms with Gasteiger partial charge in [0, 0.05) is 12.1 Å². The van der Waals surface area contributed by atoms with Crippen molar-refractivity contribution in [2.75, 3.05) is 13.2 Å². The van der Waals surface area contributed by atoms with Crippen LogP contribution < -0.4 is 0 Å². The van der Waals surface area contributed by atoms with Crippen LogP contribution in [0.25, 0.3) is 0 Å². The molecule has 1 fully saturated rings. The van der Waals surface area contributed by atoms with E-state index in [1.54, 1.807) is 31.2 Å². The Labute approximate surface area is 171 Å². The molecule has 6 nitrogen and oxygen atoms in total. The van der Waals surface area contributed by atoms with Gasteiger partial charge in [-0.2, -0.15) is 10.3 Å². The van der Waals surface area contributed by atoms with Crippen molar-refractivity contribution >= 4 is 28.8 Å². The van der Waals surface area contributed by atoms with E-state index in [9.17, 15) is 9.59 Å². The summed E-state index contributed by atoms with van der Waals surface area (Å²) in [5, 5.41) is 9.07. The average Bonchev–Trinajstić information content (AvgIpc) is 3.01. The second kappa shape index (κ2) is 10.9. The lowest BCUT2D eigenvalue weighted by molar-refractivity contribution is -0.143. The van der Waals surface area contributed by atoms with E-state index in [-0.39, 0.29) is 17.9 Å². The van der Waals surface area contributed by atoms with Gasteiger partial charge in [-0.15, -0.1) is 0 Å². The lowest BCUT2D eigenvalue weighted by Gasteiger charge is -2.24. The lowest BCUT2D eigenvalue weighted by atomic mass is 10.1. The van der Waals surface area contributed by atoms with Gasteiger partial charge in [0.25, 0.3) is 5.91 Å². The summed E-state index contributed by atoms with van der Waals surface area (Å²) in [5.41, 5.74) is 0.915. The smallest absolute Gasteiger partial charge is 0.321 e. The van der Waals surface area contributed by atoms with E-state index < -0.39 is 5.25 Å². The zero-order chi connectivity index (χ0) is 20.5. The summed E-state index contributed by atoms with van der Waals surface area (Å²) >= 11 is 1.30. The maximum atomic E-state index is 12.6. The highest BCUT2D eigenvalue weighted by molar-refractivity contribution is 8.15. The number of unbranched alkanes of at least 4 members (excludes halogenated alkanes) is 3. The van der Waals surface area contributed by atoms with E-state index in [1.165, 1.54) is 11.8 Å². The second-order valence-electron chi connectivity index (χ2n) is 6.67. The van der Waals surface area contributed by atoms with Crippen molar-refractivity contribution in [1.29, 1.82) is 5.26 Å². The maximum Gasteiger partial charge on any atom is 0.321 e. The van der Waals surface area contributed by atoms with Gasteiger partial charge in [0.05, 0.1) is 24.3 Å². The number of hydrogen-bond acceptors (Lipinski definition) is 5. The Balaban J connectivity index is 2.19. The number of thioether (sulfide) groups is 1. The number of hydrogen-bond donors (Lipinski definition) is 0. The van der Waals surface area contributed by atoms with Crippen molar-refractivity contribution in [3.63, 3.8) is 0 Å². The molecule has 150 valence electrons. The van der Waals surface area contributed by atoms with E-state index in [0.29, 0.717) is 22.9 Å². The SMILES string of the molecule is CCCCCCN1C(=NC(=O)c2ccc(C#N)cc2)SC(C(=O)OCC)C1C. The molecule has 0 aliphatic carbocycles. The highest BCUT2D eigenvalue weighted by Gasteiger charge is 2.41. The van der Waals surface area contributed by atoms with Gasteiger partial charge in [0.1, 0.15) is 5.25 Å². The van der Waals surface area contributed by atoms with Crippen LogP contribution in [-0.2, 0) is 9.53 Å². The first-order valence-corrected chi connectivity index (χ1v) is 10.6. The van der Waals surface area contributed by atoms with E-state index >= 15 is 0 Å². The maximum absolute atomic E-state index is 12.6. The number of esters is 1. The fraction of sp³-hybridized carbons (Fsp3) is 0.524. The molecule has 1 aromatic rings. The number of benzene rings is 1. The molecule has 0 saturated carbocycles. The van der Waals surface area contributed by atoms with Crippen LogP contribution in [0, 0.1) is 11.3 Å². The normalized spacial score (nSPS) is 20.2. The monoisotopic (exact) mass is 401 g/mol. The van der Waals surface area contributed by atoms with Gasteiger partial charge >= 0.3 is 5.97 Å². The van der Waals surface area contributed by atoms with Gasteiger partial charge in [-0.1, -0.05) is 37.9 Å². The lowest BCUT2D eigenvalue weighted by Crippen LogP contribution is -2.39. The summed E-state index contributed by atoms with van der Waals surface area (Å²) in [4.78, 5) is 31.3. The molecule has 7 heteroatoms. The summed E-state index contributed by atoms with van der Waals surface area (Å²) in [6, 6.07) is 8.34. The van der Waals surface area contributed by atoms with Gasteiger partial charge in [-0.25, -0.2) is 0 Å². The van der Waals surface area contributed by atoms with Crippen molar-refractivity contribution in [2.24, 2.45) is 4.99 Å². The average molecular weight is 402 g/mol. The van der Waals surface area contributed by atoms with Crippen LogP contribution in [0.15, 0.2) is 29.3 Å². The Morgan fingerprint density at radius 2 is 1.93 bits per heavy atom. The standard InChI is InChI=1S/C21H27N3O3S/c1-4-6-7-8-13-24-15(3)18(20(26)27-5-2)28-21(24)23-19(25)17-11-9-16(14-22)10-12-17/h9-12,15,18H,4-8,13H2,1-3H3. The Kier molecular flexibility index (Phi) is 8.52. The summed E-state index contributed by atoms with van der Waals surface area (Å²) < 4.78 is 5.19. The van der Waals surface area contributed by atoms with Crippen molar-refractivity contribution in [3.05, 3.63) is 35.4 Å². The highest BCUT2D eigenvalue weighted by Crippen LogP contribution is 2.33. The van der Waals surface area contributed by atoms with Gasteiger partial charge in [-0.3, -0.25) is 9.59 Å². The molecule has 0 bridgehead atoms. The first-order valence-electron chi connectivity index (χ1n) is 9.74. The van der Waals surface area contributed by atoms with Crippen molar-refractivity contribution in [1.82, 2.24) is 4.90 Å². The van der Waals surface area contributed by atoms with Gasteiger partial charge < -0.3 is 9.64 Å². The molecule has 0 spiro atoms. The fourth-order valence-corrected chi connectivity index (χ4v) is 4.29.